The predicted octanol–water partition coefficient (Wildman–Crippen LogP) is 4.92. The predicted molar refractivity (Wildman–Crippen MR) is 120 cm³/mol. The van der Waals surface area contributed by atoms with E-state index in [1.54, 1.807) is 30.3 Å². The van der Waals surface area contributed by atoms with Crippen LogP contribution in [0.5, 0.6) is 0 Å². The summed E-state index contributed by atoms with van der Waals surface area (Å²) in [5.74, 6) is -0.827. The molecule has 0 saturated carbocycles. The molecule has 0 aliphatic rings. The van der Waals surface area contributed by atoms with Crippen LogP contribution < -0.4 is 16.0 Å². The average Bonchev–Trinajstić information content (AvgIpc) is 3.17. The molecule has 4 aromatic rings. The van der Waals surface area contributed by atoms with E-state index < -0.39 is 11.7 Å². The number of H-pyrrole nitrogens is 1. The summed E-state index contributed by atoms with van der Waals surface area (Å²) in [5.41, 5.74) is 3.39. The molecule has 0 spiro atoms. The number of hydrogen-bond acceptors (Lipinski definition) is 2. The third-order valence-corrected chi connectivity index (χ3v) is 4.82. The number of benzene rings is 3. The molecule has 0 aliphatic carbocycles. The van der Waals surface area contributed by atoms with Crippen molar-refractivity contribution in [1.82, 2.24) is 10.3 Å². The molecule has 1 aromatic heterocycles. The van der Waals surface area contributed by atoms with Gasteiger partial charge in [0.2, 0.25) is 0 Å². The minimum absolute atomic E-state index is 0.348. The van der Waals surface area contributed by atoms with Crippen molar-refractivity contribution in [1.29, 1.82) is 0 Å². The van der Waals surface area contributed by atoms with Crippen LogP contribution in [0, 0.1) is 5.82 Å². The lowest BCUT2D eigenvalue weighted by Crippen LogP contribution is -2.30. The van der Waals surface area contributed by atoms with Crippen LogP contribution in [0.2, 0.25) is 0 Å². The number of aromatic nitrogens is 1. The monoisotopic (exact) mass is 416 g/mol. The fraction of sp³-hybridized carbons (Fsp3) is 0.0833. The Morgan fingerprint density at radius 1 is 0.871 bits per heavy atom. The summed E-state index contributed by atoms with van der Waals surface area (Å²) in [5, 5.41) is 9.33. The number of carbonyl (C=O) groups is 2. The quantitative estimate of drug-likeness (QED) is 0.359. The Labute approximate surface area is 178 Å². The molecule has 7 heteroatoms. The number of nitrogens with one attached hydrogen (secondary N) is 4. The van der Waals surface area contributed by atoms with Crippen molar-refractivity contribution < 1.29 is 14.0 Å². The van der Waals surface area contributed by atoms with E-state index in [4.69, 9.17) is 0 Å². The average molecular weight is 416 g/mol. The summed E-state index contributed by atoms with van der Waals surface area (Å²) in [4.78, 5) is 27.9. The lowest BCUT2D eigenvalue weighted by molar-refractivity contribution is 0.102. The number of urea groups is 1. The number of halogens is 1. The van der Waals surface area contributed by atoms with Crippen LogP contribution in [0.4, 0.5) is 20.6 Å². The summed E-state index contributed by atoms with van der Waals surface area (Å²) in [6, 6.07) is 19.9. The van der Waals surface area contributed by atoms with Gasteiger partial charge in [-0.15, -0.1) is 0 Å². The van der Waals surface area contributed by atoms with Gasteiger partial charge in [-0.1, -0.05) is 30.3 Å². The summed E-state index contributed by atoms with van der Waals surface area (Å²) >= 11 is 0. The van der Waals surface area contributed by atoms with Crippen LogP contribution in [-0.2, 0) is 6.42 Å². The van der Waals surface area contributed by atoms with Gasteiger partial charge in [0.15, 0.2) is 0 Å². The third kappa shape index (κ3) is 5.08. The molecule has 3 aromatic carbocycles. The molecule has 0 aliphatic heterocycles. The zero-order valence-electron chi connectivity index (χ0n) is 16.6. The van der Waals surface area contributed by atoms with Gasteiger partial charge in [0.1, 0.15) is 5.82 Å². The van der Waals surface area contributed by atoms with Crippen LogP contribution >= 0.6 is 0 Å². The fourth-order valence-corrected chi connectivity index (χ4v) is 3.33. The van der Waals surface area contributed by atoms with Gasteiger partial charge in [-0.05, 0) is 54.4 Å². The van der Waals surface area contributed by atoms with Crippen molar-refractivity contribution in [2.24, 2.45) is 0 Å². The molecule has 6 nitrogen and oxygen atoms in total. The SMILES string of the molecule is O=C(NCCc1c[nH]c2ccccc12)Nc1cccc(C(=O)Nc2cccc(F)c2)c1. The van der Waals surface area contributed by atoms with E-state index in [1.165, 1.54) is 18.2 Å². The van der Waals surface area contributed by atoms with E-state index in [0.717, 1.165) is 16.5 Å². The normalized spacial score (nSPS) is 10.6. The highest BCUT2D eigenvalue weighted by Crippen LogP contribution is 2.18. The summed E-state index contributed by atoms with van der Waals surface area (Å²) in [7, 11) is 0. The zero-order valence-corrected chi connectivity index (χ0v) is 16.6. The van der Waals surface area contributed by atoms with Gasteiger partial charge in [0.05, 0.1) is 0 Å². The number of aromatic amines is 1. The molecule has 0 radical (unpaired) electrons. The van der Waals surface area contributed by atoms with Crippen LogP contribution in [0.3, 0.4) is 0 Å². The fourth-order valence-electron chi connectivity index (χ4n) is 3.33. The van der Waals surface area contributed by atoms with Crippen molar-refractivity contribution in [3.05, 3.63) is 95.9 Å². The second kappa shape index (κ2) is 9.13. The Morgan fingerprint density at radius 2 is 1.65 bits per heavy atom. The van der Waals surface area contributed by atoms with Gasteiger partial charge in [0, 0.05) is 40.6 Å². The first kappa shape index (κ1) is 20.2. The van der Waals surface area contributed by atoms with Crippen LogP contribution in [0.15, 0.2) is 79.0 Å². The maximum absolute atomic E-state index is 13.3. The number of carbonyl (C=O) groups excluding carboxylic acids is 2. The molecule has 0 fully saturated rings. The number of rotatable bonds is 6. The Bertz CT molecular complexity index is 1230. The first-order valence-corrected chi connectivity index (χ1v) is 9.85. The van der Waals surface area contributed by atoms with Crippen molar-refractivity contribution in [2.45, 2.75) is 6.42 Å². The van der Waals surface area contributed by atoms with E-state index in [0.29, 0.717) is 29.9 Å². The summed E-state index contributed by atoms with van der Waals surface area (Å²) in [6.45, 7) is 0.466. The van der Waals surface area contributed by atoms with Gasteiger partial charge < -0.3 is 20.9 Å². The highest BCUT2D eigenvalue weighted by molar-refractivity contribution is 6.05. The lowest BCUT2D eigenvalue weighted by Gasteiger charge is -2.10. The largest absolute Gasteiger partial charge is 0.361 e. The van der Waals surface area contributed by atoms with Gasteiger partial charge in [-0.25, -0.2) is 9.18 Å². The van der Waals surface area contributed by atoms with Gasteiger partial charge in [-0.3, -0.25) is 4.79 Å². The van der Waals surface area contributed by atoms with Crippen LogP contribution in [0.1, 0.15) is 15.9 Å². The molecule has 1 heterocycles. The molecule has 3 amide bonds. The Balaban J connectivity index is 1.31. The van der Waals surface area contributed by atoms with E-state index >= 15 is 0 Å². The number of para-hydroxylation sites is 1. The second-order valence-corrected chi connectivity index (χ2v) is 7.04. The topological polar surface area (TPSA) is 86.0 Å². The first-order valence-electron chi connectivity index (χ1n) is 9.85. The Hall–Kier alpha value is -4.13. The standard InChI is InChI=1S/C24H21FN4O2/c25-18-6-4-8-20(14-18)28-23(30)16-5-3-7-19(13-16)29-24(31)26-12-11-17-15-27-22-10-2-1-9-21(17)22/h1-10,13-15,27H,11-12H2,(H,28,30)(H2,26,29,31). The maximum Gasteiger partial charge on any atom is 0.319 e. The summed E-state index contributed by atoms with van der Waals surface area (Å²) < 4.78 is 13.3. The molecular weight excluding hydrogens is 395 g/mol. The molecule has 0 unspecified atom stereocenters. The highest BCUT2D eigenvalue weighted by atomic mass is 19.1. The smallest absolute Gasteiger partial charge is 0.319 e. The van der Waals surface area contributed by atoms with Crippen LogP contribution in [0.25, 0.3) is 10.9 Å². The number of anilines is 2. The van der Waals surface area contributed by atoms with Crippen molar-refractivity contribution in [2.75, 3.05) is 17.2 Å². The molecule has 0 saturated heterocycles. The van der Waals surface area contributed by atoms with E-state index in [9.17, 15) is 14.0 Å². The second-order valence-electron chi connectivity index (χ2n) is 7.04. The number of hydrogen-bond donors (Lipinski definition) is 4. The Kier molecular flexibility index (Phi) is 5.93. The molecule has 4 N–H and O–H groups in total. The van der Waals surface area contributed by atoms with E-state index in [1.807, 2.05) is 30.5 Å². The summed E-state index contributed by atoms with van der Waals surface area (Å²) in [6.07, 6.45) is 2.64. The van der Waals surface area contributed by atoms with Gasteiger partial charge >= 0.3 is 6.03 Å². The maximum atomic E-state index is 13.3. The first-order chi connectivity index (χ1) is 15.1. The molecule has 0 bridgehead atoms. The molecule has 4 rings (SSSR count). The van der Waals surface area contributed by atoms with Crippen molar-refractivity contribution >= 4 is 34.2 Å². The minimum atomic E-state index is -0.433. The van der Waals surface area contributed by atoms with Gasteiger partial charge in [-0.2, -0.15) is 0 Å². The number of amides is 3. The van der Waals surface area contributed by atoms with Crippen molar-refractivity contribution in [3.63, 3.8) is 0 Å². The van der Waals surface area contributed by atoms with E-state index in [-0.39, 0.29) is 6.03 Å². The Morgan fingerprint density at radius 3 is 2.48 bits per heavy atom. The number of fused-ring (bicyclic) bond motifs is 1. The van der Waals surface area contributed by atoms with Crippen molar-refractivity contribution in [3.8, 4) is 0 Å². The van der Waals surface area contributed by atoms with Crippen LogP contribution in [-0.4, -0.2) is 23.5 Å². The van der Waals surface area contributed by atoms with E-state index in [2.05, 4.69) is 20.9 Å². The lowest BCUT2D eigenvalue weighted by atomic mass is 10.1. The molecular formula is C24H21FN4O2. The molecule has 0 atom stereocenters. The van der Waals surface area contributed by atoms with Gasteiger partial charge in [0.25, 0.3) is 5.91 Å². The molecule has 156 valence electrons. The molecule has 31 heavy (non-hydrogen) atoms. The third-order valence-electron chi connectivity index (χ3n) is 4.82. The highest BCUT2D eigenvalue weighted by Gasteiger charge is 2.09. The minimum Gasteiger partial charge on any atom is -0.361 e. The zero-order chi connectivity index (χ0) is 21.6.